The number of Topliss-reactive ketones (excluding diaryl/α,β-unsaturated/α-hetero) is 1. The van der Waals surface area contributed by atoms with Crippen molar-refractivity contribution in [1.82, 2.24) is 9.88 Å². The number of rotatable bonds is 5. The Labute approximate surface area is 116 Å². The molecular formula is C16H24N2O. The molecule has 0 radical (unpaired) electrons. The lowest BCUT2D eigenvalue weighted by Crippen LogP contribution is -2.51. The lowest BCUT2D eigenvalue weighted by Gasteiger charge is -2.37. The molecule has 1 aliphatic rings. The average molecular weight is 260 g/mol. The van der Waals surface area contributed by atoms with Crippen LogP contribution in [0.15, 0.2) is 18.3 Å². The van der Waals surface area contributed by atoms with Crippen LogP contribution in [0, 0.1) is 0 Å². The molecule has 1 aliphatic carbocycles. The van der Waals surface area contributed by atoms with Gasteiger partial charge in [-0.05, 0) is 51.4 Å². The van der Waals surface area contributed by atoms with Crippen molar-refractivity contribution < 1.29 is 4.79 Å². The topological polar surface area (TPSA) is 33.2 Å². The summed E-state index contributed by atoms with van der Waals surface area (Å²) in [5.41, 5.74) is 1.84. The minimum absolute atomic E-state index is 0.0215. The van der Waals surface area contributed by atoms with Gasteiger partial charge in [0.05, 0.1) is 17.2 Å². The Bertz CT molecular complexity index is 464. The van der Waals surface area contributed by atoms with E-state index < -0.39 is 5.54 Å². The van der Waals surface area contributed by atoms with Gasteiger partial charge in [0.1, 0.15) is 0 Å². The number of likely N-dealkylation sites (N-methyl/N-ethyl adjacent to an activating group) is 1. The van der Waals surface area contributed by atoms with Crippen LogP contribution in [-0.2, 0) is 11.2 Å². The molecule has 104 valence electrons. The van der Waals surface area contributed by atoms with Crippen LogP contribution in [0.1, 0.15) is 51.3 Å². The fraction of sp³-hybridized carbons (Fsp3) is 0.625. The van der Waals surface area contributed by atoms with Crippen LogP contribution >= 0.6 is 0 Å². The Kier molecular flexibility index (Phi) is 4.04. The monoisotopic (exact) mass is 260 g/mol. The number of hydrogen-bond donors (Lipinski definition) is 0. The van der Waals surface area contributed by atoms with E-state index in [1.165, 1.54) is 5.56 Å². The van der Waals surface area contributed by atoms with E-state index in [0.717, 1.165) is 31.6 Å². The Balaban J connectivity index is 2.26. The summed E-state index contributed by atoms with van der Waals surface area (Å²) >= 11 is 0. The lowest BCUT2D eigenvalue weighted by molar-refractivity contribution is -0.130. The van der Waals surface area contributed by atoms with Crippen LogP contribution in [0.5, 0.6) is 0 Å². The van der Waals surface area contributed by atoms with E-state index in [4.69, 9.17) is 0 Å². The van der Waals surface area contributed by atoms with E-state index in [1.807, 2.05) is 19.9 Å². The number of ketones is 1. The summed E-state index contributed by atoms with van der Waals surface area (Å²) in [4.78, 5) is 19.6. The fourth-order valence-electron chi connectivity index (χ4n) is 3.26. The predicted molar refractivity (Wildman–Crippen MR) is 77.3 cm³/mol. The molecule has 1 aromatic rings. The van der Waals surface area contributed by atoms with Gasteiger partial charge in [0.15, 0.2) is 5.78 Å². The number of hydrogen-bond acceptors (Lipinski definition) is 3. The van der Waals surface area contributed by atoms with Crippen molar-refractivity contribution in [1.29, 1.82) is 0 Å². The van der Waals surface area contributed by atoms with Crippen molar-refractivity contribution in [3.63, 3.8) is 0 Å². The lowest BCUT2D eigenvalue weighted by atomic mass is 9.85. The molecule has 0 N–H and O–H groups in total. The predicted octanol–water partition coefficient (Wildman–Crippen LogP) is 2.80. The summed E-state index contributed by atoms with van der Waals surface area (Å²) in [6.07, 6.45) is 3.69. The number of carbonyl (C=O) groups is 1. The zero-order chi connectivity index (χ0) is 14.0. The molecule has 0 saturated carbocycles. The van der Waals surface area contributed by atoms with Gasteiger partial charge in [-0.25, -0.2) is 0 Å². The number of aromatic nitrogens is 1. The van der Waals surface area contributed by atoms with Gasteiger partial charge in [0, 0.05) is 6.20 Å². The molecule has 1 heterocycles. The van der Waals surface area contributed by atoms with Crippen LogP contribution in [0.2, 0.25) is 0 Å². The summed E-state index contributed by atoms with van der Waals surface area (Å²) in [6.45, 7) is 10.1. The minimum atomic E-state index is -0.409. The third kappa shape index (κ3) is 2.44. The number of aryl methyl sites for hydroxylation is 1. The van der Waals surface area contributed by atoms with Crippen molar-refractivity contribution in [2.24, 2.45) is 0 Å². The molecule has 1 atom stereocenters. The van der Waals surface area contributed by atoms with E-state index in [2.05, 4.69) is 29.8 Å². The van der Waals surface area contributed by atoms with E-state index in [1.54, 1.807) is 6.20 Å². The molecule has 0 aromatic carbocycles. The molecule has 0 aliphatic heterocycles. The SMILES string of the molecule is CCN(CC)C(C)(C)C(=O)C1CCc2cccnc21. The second-order valence-corrected chi connectivity index (χ2v) is 5.73. The van der Waals surface area contributed by atoms with Gasteiger partial charge in [-0.3, -0.25) is 14.7 Å². The van der Waals surface area contributed by atoms with Crippen molar-refractivity contribution in [2.45, 2.75) is 52.0 Å². The first-order valence-corrected chi connectivity index (χ1v) is 7.25. The van der Waals surface area contributed by atoms with Gasteiger partial charge in [0.2, 0.25) is 0 Å². The standard InChI is InChI=1S/C16H24N2O/c1-5-18(6-2)16(3,4)15(19)13-10-9-12-8-7-11-17-14(12)13/h7-8,11,13H,5-6,9-10H2,1-4H3. The average Bonchev–Trinajstić information content (AvgIpc) is 2.82. The normalized spacial score (nSPS) is 18.7. The molecule has 0 spiro atoms. The number of carbonyl (C=O) groups excluding carboxylic acids is 1. The van der Waals surface area contributed by atoms with Gasteiger partial charge in [0.25, 0.3) is 0 Å². The first-order valence-electron chi connectivity index (χ1n) is 7.25. The number of nitrogens with zero attached hydrogens (tertiary/aromatic N) is 2. The maximum absolute atomic E-state index is 12.9. The molecule has 19 heavy (non-hydrogen) atoms. The van der Waals surface area contributed by atoms with Gasteiger partial charge in [-0.1, -0.05) is 19.9 Å². The largest absolute Gasteiger partial charge is 0.297 e. The maximum Gasteiger partial charge on any atom is 0.161 e. The summed E-state index contributed by atoms with van der Waals surface area (Å²) in [5, 5.41) is 0. The Morgan fingerprint density at radius 2 is 2.11 bits per heavy atom. The van der Waals surface area contributed by atoms with Crippen LogP contribution in [0.3, 0.4) is 0 Å². The second kappa shape index (κ2) is 5.41. The fourth-order valence-corrected chi connectivity index (χ4v) is 3.26. The first-order chi connectivity index (χ1) is 9.02. The number of fused-ring (bicyclic) bond motifs is 1. The third-order valence-electron chi connectivity index (χ3n) is 4.43. The zero-order valence-corrected chi connectivity index (χ0v) is 12.4. The highest BCUT2D eigenvalue weighted by atomic mass is 16.1. The molecular weight excluding hydrogens is 236 g/mol. The second-order valence-electron chi connectivity index (χ2n) is 5.73. The van der Waals surface area contributed by atoms with Crippen molar-refractivity contribution in [3.8, 4) is 0 Å². The molecule has 2 rings (SSSR count). The Morgan fingerprint density at radius 1 is 1.42 bits per heavy atom. The molecule has 1 unspecified atom stereocenters. The molecule has 0 fully saturated rings. The summed E-state index contributed by atoms with van der Waals surface area (Å²) in [6, 6.07) is 4.06. The highest BCUT2D eigenvalue weighted by Gasteiger charge is 2.41. The molecule has 1 aromatic heterocycles. The molecule has 3 nitrogen and oxygen atoms in total. The smallest absolute Gasteiger partial charge is 0.161 e. The van der Waals surface area contributed by atoms with E-state index in [-0.39, 0.29) is 5.92 Å². The molecule has 0 amide bonds. The summed E-state index contributed by atoms with van der Waals surface area (Å²) in [7, 11) is 0. The van der Waals surface area contributed by atoms with Crippen molar-refractivity contribution in [3.05, 3.63) is 29.6 Å². The maximum atomic E-state index is 12.9. The summed E-state index contributed by atoms with van der Waals surface area (Å²) < 4.78 is 0. The first kappa shape index (κ1) is 14.2. The van der Waals surface area contributed by atoms with Crippen molar-refractivity contribution >= 4 is 5.78 Å². The summed E-state index contributed by atoms with van der Waals surface area (Å²) in [5.74, 6) is 0.292. The zero-order valence-electron chi connectivity index (χ0n) is 12.4. The van der Waals surface area contributed by atoms with Gasteiger partial charge < -0.3 is 0 Å². The van der Waals surface area contributed by atoms with Crippen LogP contribution in [0.4, 0.5) is 0 Å². The van der Waals surface area contributed by atoms with Crippen molar-refractivity contribution in [2.75, 3.05) is 13.1 Å². The van der Waals surface area contributed by atoms with Crippen LogP contribution < -0.4 is 0 Å². The highest BCUT2D eigenvalue weighted by Crippen LogP contribution is 2.35. The molecule has 3 heteroatoms. The van der Waals surface area contributed by atoms with E-state index >= 15 is 0 Å². The number of pyridine rings is 1. The molecule has 0 bridgehead atoms. The van der Waals surface area contributed by atoms with E-state index in [9.17, 15) is 4.79 Å². The quantitative estimate of drug-likeness (QED) is 0.816. The van der Waals surface area contributed by atoms with Gasteiger partial charge >= 0.3 is 0 Å². The third-order valence-corrected chi connectivity index (χ3v) is 4.43. The minimum Gasteiger partial charge on any atom is -0.297 e. The van der Waals surface area contributed by atoms with Crippen LogP contribution in [-0.4, -0.2) is 34.3 Å². The molecule has 0 saturated heterocycles. The van der Waals surface area contributed by atoms with E-state index in [0.29, 0.717) is 5.78 Å². The Hall–Kier alpha value is -1.22. The van der Waals surface area contributed by atoms with Crippen LogP contribution in [0.25, 0.3) is 0 Å². The van der Waals surface area contributed by atoms with Gasteiger partial charge in [-0.15, -0.1) is 0 Å². The van der Waals surface area contributed by atoms with Gasteiger partial charge in [-0.2, -0.15) is 0 Å². The Morgan fingerprint density at radius 3 is 2.74 bits per heavy atom. The highest BCUT2D eigenvalue weighted by molar-refractivity contribution is 5.94.